The van der Waals surface area contributed by atoms with Gasteiger partial charge in [0.25, 0.3) is 5.69 Å². The SMILES string of the molecule is CCC(=O)C1C(=O)c2cccc([N+](=O)[O-])c2C1=O. The molecule has 0 aliphatic heterocycles. The molecule has 1 atom stereocenters. The second-order valence-corrected chi connectivity index (χ2v) is 3.94. The number of fused-ring (bicyclic) bond motifs is 1. The minimum atomic E-state index is -1.40. The van der Waals surface area contributed by atoms with Gasteiger partial charge < -0.3 is 0 Å². The lowest BCUT2D eigenvalue weighted by atomic mass is 9.97. The Labute approximate surface area is 102 Å². The Balaban J connectivity index is 2.63. The number of ketones is 3. The molecule has 0 heterocycles. The molecular weight excluding hydrogens is 238 g/mol. The van der Waals surface area contributed by atoms with Crippen molar-refractivity contribution in [1.82, 2.24) is 0 Å². The maximum atomic E-state index is 12.0. The van der Waals surface area contributed by atoms with Crippen LogP contribution < -0.4 is 0 Å². The Morgan fingerprint density at radius 3 is 2.56 bits per heavy atom. The lowest BCUT2D eigenvalue weighted by molar-refractivity contribution is -0.385. The maximum Gasteiger partial charge on any atom is 0.280 e. The maximum absolute atomic E-state index is 12.0. The molecule has 6 heteroatoms. The summed E-state index contributed by atoms with van der Waals surface area (Å²) in [7, 11) is 0. The first-order valence-electron chi connectivity index (χ1n) is 5.37. The van der Waals surface area contributed by atoms with Crippen LogP contribution >= 0.6 is 0 Å². The summed E-state index contributed by atoms with van der Waals surface area (Å²) >= 11 is 0. The third-order valence-corrected chi connectivity index (χ3v) is 2.95. The Morgan fingerprint density at radius 2 is 2.00 bits per heavy atom. The van der Waals surface area contributed by atoms with Crippen LogP contribution in [0, 0.1) is 16.0 Å². The van der Waals surface area contributed by atoms with E-state index in [0.29, 0.717) is 0 Å². The van der Waals surface area contributed by atoms with Crippen molar-refractivity contribution in [2.45, 2.75) is 13.3 Å². The van der Waals surface area contributed by atoms with Gasteiger partial charge in [-0.1, -0.05) is 19.1 Å². The fraction of sp³-hybridized carbons (Fsp3) is 0.250. The average Bonchev–Trinajstić information content (AvgIpc) is 2.61. The molecule has 1 unspecified atom stereocenters. The van der Waals surface area contributed by atoms with Gasteiger partial charge in [-0.3, -0.25) is 24.5 Å². The molecule has 1 aromatic carbocycles. The van der Waals surface area contributed by atoms with Gasteiger partial charge in [-0.05, 0) is 0 Å². The van der Waals surface area contributed by atoms with Crippen molar-refractivity contribution in [3.63, 3.8) is 0 Å². The predicted molar refractivity (Wildman–Crippen MR) is 60.5 cm³/mol. The van der Waals surface area contributed by atoms with Gasteiger partial charge in [0, 0.05) is 18.1 Å². The van der Waals surface area contributed by atoms with Crippen molar-refractivity contribution < 1.29 is 19.3 Å². The van der Waals surface area contributed by atoms with E-state index in [2.05, 4.69) is 0 Å². The average molecular weight is 247 g/mol. The molecule has 0 amide bonds. The Hall–Kier alpha value is -2.37. The summed E-state index contributed by atoms with van der Waals surface area (Å²) in [4.78, 5) is 45.6. The minimum Gasteiger partial charge on any atom is -0.298 e. The smallest absolute Gasteiger partial charge is 0.280 e. The van der Waals surface area contributed by atoms with Crippen molar-refractivity contribution in [3.8, 4) is 0 Å². The summed E-state index contributed by atoms with van der Waals surface area (Å²) in [6.07, 6.45) is 0.0456. The van der Waals surface area contributed by atoms with Gasteiger partial charge in [0.1, 0.15) is 11.5 Å². The molecule has 18 heavy (non-hydrogen) atoms. The van der Waals surface area contributed by atoms with Crippen molar-refractivity contribution in [3.05, 3.63) is 39.4 Å². The van der Waals surface area contributed by atoms with Crippen LogP contribution in [0.5, 0.6) is 0 Å². The number of carbonyl (C=O) groups is 3. The Bertz CT molecular complexity index is 590. The van der Waals surface area contributed by atoms with E-state index >= 15 is 0 Å². The zero-order valence-corrected chi connectivity index (χ0v) is 9.50. The van der Waals surface area contributed by atoms with E-state index in [0.717, 1.165) is 6.07 Å². The van der Waals surface area contributed by atoms with Gasteiger partial charge in [0.05, 0.1) is 4.92 Å². The van der Waals surface area contributed by atoms with Gasteiger partial charge in [-0.15, -0.1) is 0 Å². The molecule has 0 saturated carbocycles. The second-order valence-electron chi connectivity index (χ2n) is 3.94. The normalized spacial score (nSPS) is 17.7. The number of carbonyl (C=O) groups excluding carboxylic acids is 3. The number of hydrogen-bond donors (Lipinski definition) is 0. The first-order valence-corrected chi connectivity index (χ1v) is 5.37. The standard InChI is InChI=1S/C12H9NO5/c1-2-8(14)10-11(15)6-4-3-5-7(13(17)18)9(6)12(10)16/h3-5,10H,2H2,1H3. The molecule has 1 aliphatic rings. The Morgan fingerprint density at radius 1 is 1.33 bits per heavy atom. The van der Waals surface area contributed by atoms with E-state index in [9.17, 15) is 24.5 Å². The van der Waals surface area contributed by atoms with E-state index in [-0.39, 0.29) is 17.5 Å². The van der Waals surface area contributed by atoms with Crippen LogP contribution in [0.1, 0.15) is 34.1 Å². The highest BCUT2D eigenvalue weighted by Crippen LogP contribution is 2.34. The van der Waals surface area contributed by atoms with Gasteiger partial charge >= 0.3 is 0 Å². The fourth-order valence-electron chi connectivity index (χ4n) is 2.07. The molecule has 0 aromatic heterocycles. The number of Topliss-reactive ketones (excluding diaryl/α,β-unsaturated/α-hetero) is 3. The van der Waals surface area contributed by atoms with Gasteiger partial charge in [-0.25, -0.2) is 0 Å². The van der Waals surface area contributed by atoms with E-state index in [4.69, 9.17) is 0 Å². The number of nitrogens with zero attached hydrogens (tertiary/aromatic N) is 1. The van der Waals surface area contributed by atoms with Crippen LogP contribution in [0.25, 0.3) is 0 Å². The lowest BCUT2D eigenvalue weighted by Crippen LogP contribution is -2.24. The summed E-state index contributed by atoms with van der Waals surface area (Å²) in [5.41, 5.74) is -0.683. The van der Waals surface area contributed by atoms with E-state index < -0.39 is 33.9 Å². The van der Waals surface area contributed by atoms with E-state index in [1.165, 1.54) is 12.1 Å². The topological polar surface area (TPSA) is 94.3 Å². The van der Waals surface area contributed by atoms with Crippen molar-refractivity contribution in [2.75, 3.05) is 0 Å². The lowest BCUT2D eigenvalue weighted by Gasteiger charge is -2.01. The van der Waals surface area contributed by atoms with E-state index in [1.807, 2.05) is 0 Å². The van der Waals surface area contributed by atoms with Gasteiger partial charge in [0.15, 0.2) is 17.3 Å². The molecule has 0 spiro atoms. The molecule has 0 radical (unpaired) electrons. The molecule has 0 fully saturated rings. The first kappa shape index (κ1) is 12.1. The molecule has 0 saturated heterocycles. The number of rotatable bonds is 3. The second kappa shape index (κ2) is 4.14. The highest BCUT2D eigenvalue weighted by Gasteiger charge is 2.46. The molecule has 92 valence electrons. The summed E-state index contributed by atoms with van der Waals surface area (Å²) in [6, 6.07) is 3.83. The molecule has 1 aromatic rings. The van der Waals surface area contributed by atoms with Crippen LogP contribution in [-0.4, -0.2) is 22.3 Å². The largest absolute Gasteiger partial charge is 0.298 e. The third kappa shape index (κ3) is 1.54. The van der Waals surface area contributed by atoms with Crippen LogP contribution in [0.3, 0.4) is 0 Å². The van der Waals surface area contributed by atoms with Crippen molar-refractivity contribution in [1.29, 1.82) is 0 Å². The number of nitro benzene ring substituents is 1. The molecule has 2 rings (SSSR count). The van der Waals surface area contributed by atoms with Crippen LogP contribution in [-0.2, 0) is 4.79 Å². The van der Waals surface area contributed by atoms with E-state index in [1.54, 1.807) is 6.92 Å². The molecular formula is C12H9NO5. The van der Waals surface area contributed by atoms with Crippen LogP contribution in [0.4, 0.5) is 5.69 Å². The zero-order valence-electron chi connectivity index (χ0n) is 9.50. The quantitative estimate of drug-likeness (QED) is 0.459. The third-order valence-electron chi connectivity index (χ3n) is 2.95. The molecule has 0 N–H and O–H groups in total. The predicted octanol–water partition coefficient (Wildman–Crippen LogP) is 1.57. The van der Waals surface area contributed by atoms with Crippen molar-refractivity contribution in [2.24, 2.45) is 5.92 Å². The number of hydrogen-bond acceptors (Lipinski definition) is 5. The molecule has 1 aliphatic carbocycles. The van der Waals surface area contributed by atoms with Crippen LogP contribution in [0.2, 0.25) is 0 Å². The zero-order chi connectivity index (χ0) is 13.4. The monoisotopic (exact) mass is 247 g/mol. The highest BCUT2D eigenvalue weighted by molar-refractivity contribution is 6.36. The molecule has 6 nitrogen and oxygen atoms in total. The number of benzene rings is 1. The van der Waals surface area contributed by atoms with Crippen LogP contribution in [0.15, 0.2) is 18.2 Å². The summed E-state index contributed by atoms with van der Waals surface area (Å²) in [5, 5.41) is 10.8. The van der Waals surface area contributed by atoms with Crippen molar-refractivity contribution >= 4 is 23.0 Å². The summed E-state index contributed by atoms with van der Waals surface area (Å²) < 4.78 is 0. The van der Waals surface area contributed by atoms with Gasteiger partial charge in [0.2, 0.25) is 0 Å². The Kier molecular flexibility index (Phi) is 2.78. The fourth-order valence-corrected chi connectivity index (χ4v) is 2.07. The molecule has 0 bridgehead atoms. The number of nitro groups is 1. The summed E-state index contributed by atoms with van der Waals surface area (Å²) in [6.45, 7) is 1.54. The minimum absolute atomic E-state index is 0.0269. The van der Waals surface area contributed by atoms with Gasteiger partial charge in [-0.2, -0.15) is 0 Å². The summed E-state index contributed by atoms with van der Waals surface area (Å²) in [5.74, 6) is -3.29. The first-order chi connectivity index (χ1) is 8.49. The highest BCUT2D eigenvalue weighted by atomic mass is 16.6.